The molecule has 0 amide bonds. The minimum atomic E-state index is -0.356. The maximum absolute atomic E-state index is 10.3. The lowest BCUT2D eigenvalue weighted by Crippen LogP contribution is -3.00. The van der Waals surface area contributed by atoms with Crippen LogP contribution in [0.5, 0.6) is 0 Å². The molecule has 2 nitrogen and oxygen atoms in total. The van der Waals surface area contributed by atoms with E-state index in [-0.39, 0.29) is 24.6 Å². The smallest absolute Gasteiger partial charge is 0.130 e. The molecule has 1 fully saturated rings. The largest absolute Gasteiger partial charge is 1.00 e. The first-order valence-corrected chi connectivity index (χ1v) is 8.33. The highest BCUT2D eigenvalue weighted by Crippen LogP contribution is 2.26. The maximum Gasteiger partial charge on any atom is 0.130 e. The van der Waals surface area contributed by atoms with Crippen LogP contribution in [0.25, 0.3) is 0 Å². The lowest BCUT2D eigenvalue weighted by Gasteiger charge is -2.22. The summed E-state index contributed by atoms with van der Waals surface area (Å²) in [5.41, 5.74) is 1.03. The molecule has 0 heterocycles. The quantitative estimate of drug-likeness (QED) is 0.685. The van der Waals surface area contributed by atoms with Gasteiger partial charge in [0.1, 0.15) is 12.1 Å². The number of hydrogen-bond acceptors (Lipinski definition) is 1. The number of aliphatic hydroxyl groups is 1. The predicted molar refractivity (Wildman–Crippen MR) is 83.5 cm³/mol. The van der Waals surface area contributed by atoms with Crippen molar-refractivity contribution in [1.29, 1.82) is 0 Å². The van der Waals surface area contributed by atoms with E-state index in [9.17, 15) is 5.11 Å². The number of aliphatic hydroxyl groups excluding tert-OH is 1. The number of halogens is 1. The van der Waals surface area contributed by atoms with Gasteiger partial charge in [0.2, 0.25) is 0 Å². The summed E-state index contributed by atoms with van der Waals surface area (Å²) >= 11 is 0. The monoisotopic (exact) mass is 311 g/mol. The van der Waals surface area contributed by atoms with Crippen LogP contribution in [-0.2, 0) is 0 Å². The fourth-order valence-corrected chi connectivity index (χ4v) is 3.35. The summed E-state index contributed by atoms with van der Waals surface area (Å²) < 4.78 is 0. The van der Waals surface area contributed by atoms with Gasteiger partial charge in [-0.15, -0.1) is 0 Å². The minimum absolute atomic E-state index is 0. The molecule has 0 spiro atoms. The number of benzene rings is 1. The van der Waals surface area contributed by atoms with Gasteiger partial charge in [0.05, 0.1) is 6.54 Å². The van der Waals surface area contributed by atoms with Gasteiger partial charge in [-0.1, -0.05) is 62.4 Å². The molecule has 0 aromatic heterocycles. The predicted octanol–water partition coefficient (Wildman–Crippen LogP) is 0.0364. The van der Waals surface area contributed by atoms with Crippen LogP contribution in [0.1, 0.15) is 63.5 Å². The lowest BCUT2D eigenvalue weighted by atomic mass is 9.86. The molecule has 2 atom stereocenters. The van der Waals surface area contributed by atoms with E-state index in [1.165, 1.54) is 44.9 Å². The van der Waals surface area contributed by atoms with Gasteiger partial charge in [0, 0.05) is 0 Å². The van der Waals surface area contributed by atoms with Crippen molar-refractivity contribution in [3.8, 4) is 0 Å². The van der Waals surface area contributed by atoms with Crippen LogP contribution >= 0.6 is 0 Å². The van der Waals surface area contributed by atoms with Gasteiger partial charge in [-0.05, 0) is 31.2 Å². The third-order valence-electron chi connectivity index (χ3n) is 4.72. The van der Waals surface area contributed by atoms with Crippen LogP contribution < -0.4 is 17.7 Å². The van der Waals surface area contributed by atoms with E-state index in [4.69, 9.17) is 0 Å². The molecule has 1 aliphatic rings. The Morgan fingerprint density at radius 3 is 2.48 bits per heavy atom. The molecule has 1 saturated carbocycles. The Morgan fingerprint density at radius 2 is 1.81 bits per heavy atom. The fourth-order valence-electron chi connectivity index (χ4n) is 3.35. The molecule has 1 aromatic carbocycles. The Balaban J connectivity index is 0.00000220. The molecule has 0 radical (unpaired) electrons. The number of quaternary nitrogens is 1. The molecule has 120 valence electrons. The molecule has 3 N–H and O–H groups in total. The number of rotatable bonds is 7. The molecule has 0 saturated heterocycles. The Hall–Kier alpha value is -0.570. The number of hydrogen-bond donors (Lipinski definition) is 2. The van der Waals surface area contributed by atoms with Gasteiger partial charge in [0.25, 0.3) is 0 Å². The van der Waals surface area contributed by atoms with Crippen molar-refractivity contribution >= 4 is 0 Å². The molecule has 1 aromatic rings. The normalized spacial score (nSPS) is 18.8. The van der Waals surface area contributed by atoms with Crippen molar-refractivity contribution in [2.45, 2.75) is 64.0 Å². The molecule has 21 heavy (non-hydrogen) atoms. The highest BCUT2D eigenvalue weighted by molar-refractivity contribution is 5.17. The average molecular weight is 312 g/mol. The van der Waals surface area contributed by atoms with Crippen LogP contribution in [0.2, 0.25) is 0 Å². The van der Waals surface area contributed by atoms with Gasteiger partial charge in [0.15, 0.2) is 0 Å². The van der Waals surface area contributed by atoms with E-state index in [2.05, 4.69) is 12.2 Å². The summed E-state index contributed by atoms with van der Waals surface area (Å²) in [5, 5.41) is 12.6. The standard InChI is InChI=1S/C18H29NO.ClH/c1-15(18(20)17-12-6-3-7-13-17)19-14-8-11-16-9-4-2-5-10-16;/h3,6-7,12-13,15-16,18-20H,2,4-5,8-11,14H2,1H3;1H. The highest BCUT2D eigenvalue weighted by Gasteiger charge is 2.19. The molecular weight excluding hydrogens is 282 g/mol. The van der Waals surface area contributed by atoms with Gasteiger partial charge < -0.3 is 22.8 Å². The third-order valence-corrected chi connectivity index (χ3v) is 4.72. The van der Waals surface area contributed by atoms with Gasteiger partial charge in [-0.25, -0.2) is 0 Å². The Morgan fingerprint density at radius 1 is 1.14 bits per heavy atom. The van der Waals surface area contributed by atoms with Crippen molar-refractivity contribution in [1.82, 2.24) is 0 Å². The SMILES string of the molecule is CC([NH2+]CCCC1CCCCC1)C(O)c1ccccc1.[Cl-]. The molecule has 3 heteroatoms. The topological polar surface area (TPSA) is 36.8 Å². The van der Waals surface area contributed by atoms with Crippen molar-refractivity contribution in [3.63, 3.8) is 0 Å². The Kier molecular flexibility index (Phi) is 8.98. The van der Waals surface area contributed by atoms with E-state index in [0.717, 1.165) is 18.0 Å². The van der Waals surface area contributed by atoms with Gasteiger partial charge in [-0.3, -0.25) is 0 Å². The first kappa shape index (κ1) is 18.5. The van der Waals surface area contributed by atoms with E-state index in [0.29, 0.717) is 0 Å². The number of nitrogens with two attached hydrogens (primary N) is 1. The summed E-state index contributed by atoms with van der Waals surface area (Å²) in [4.78, 5) is 0. The lowest BCUT2D eigenvalue weighted by molar-refractivity contribution is -0.694. The van der Waals surface area contributed by atoms with Crippen molar-refractivity contribution in [3.05, 3.63) is 35.9 Å². The summed E-state index contributed by atoms with van der Waals surface area (Å²) in [6.45, 7) is 3.26. The second kappa shape index (κ2) is 10.2. The molecule has 0 aliphatic heterocycles. The van der Waals surface area contributed by atoms with Gasteiger partial charge in [-0.2, -0.15) is 0 Å². The average Bonchev–Trinajstić information content (AvgIpc) is 2.52. The summed E-state index contributed by atoms with van der Waals surface area (Å²) in [5.74, 6) is 0.978. The van der Waals surface area contributed by atoms with Crippen LogP contribution in [0.3, 0.4) is 0 Å². The molecule has 2 rings (SSSR count). The van der Waals surface area contributed by atoms with Crippen LogP contribution in [0, 0.1) is 5.92 Å². The van der Waals surface area contributed by atoms with E-state index in [1.807, 2.05) is 30.3 Å². The first-order chi connectivity index (χ1) is 9.77. The fraction of sp³-hybridized carbons (Fsp3) is 0.667. The zero-order chi connectivity index (χ0) is 14.2. The van der Waals surface area contributed by atoms with E-state index < -0.39 is 0 Å². The summed E-state index contributed by atoms with van der Waals surface area (Å²) in [7, 11) is 0. The maximum atomic E-state index is 10.3. The van der Waals surface area contributed by atoms with Crippen molar-refractivity contribution < 1.29 is 22.8 Å². The van der Waals surface area contributed by atoms with Crippen molar-refractivity contribution in [2.75, 3.05) is 6.54 Å². The Bertz CT molecular complexity index is 365. The highest BCUT2D eigenvalue weighted by atomic mass is 35.5. The molecular formula is C18H30ClNO. The third kappa shape index (κ3) is 6.37. The first-order valence-electron chi connectivity index (χ1n) is 8.33. The second-order valence-electron chi connectivity index (χ2n) is 6.39. The molecule has 2 unspecified atom stereocenters. The molecule has 0 bridgehead atoms. The van der Waals surface area contributed by atoms with Gasteiger partial charge >= 0.3 is 0 Å². The second-order valence-corrected chi connectivity index (χ2v) is 6.39. The summed E-state index contributed by atoms with van der Waals surface area (Å²) in [6, 6.07) is 10.2. The zero-order valence-electron chi connectivity index (χ0n) is 13.2. The minimum Gasteiger partial charge on any atom is -1.00 e. The molecule has 1 aliphatic carbocycles. The Labute approximate surface area is 135 Å². The van der Waals surface area contributed by atoms with Crippen LogP contribution in [0.15, 0.2) is 30.3 Å². The van der Waals surface area contributed by atoms with E-state index in [1.54, 1.807) is 0 Å². The zero-order valence-corrected chi connectivity index (χ0v) is 13.9. The van der Waals surface area contributed by atoms with E-state index >= 15 is 0 Å². The van der Waals surface area contributed by atoms with Crippen LogP contribution in [-0.4, -0.2) is 17.7 Å². The summed E-state index contributed by atoms with van der Waals surface area (Å²) in [6.07, 6.45) is 9.54. The van der Waals surface area contributed by atoms with Crippen molar-refractivity contribution in [2.24, 2.45) is 5.92 Å². The van der Waals surface area contributed by atoms with Crippen LogP contribution in [0.4, 0.5) is 0 Å².